The van der Waals surface area contributed by atoms with Gasteiger partial charge >= 0.3 is 0 Å². The predicted octanol–water partition coefficient (Wildman–Crippen LogP) is 3.80. The maximum atomic E-state index is 5.81. The maximum absolute atomic E-state index is 5.81. The summed E-state index contributed by atoms with van der Waals surface area (Å²) in [6.07, 6.45) is 0.884. The number of hydrogen-bond acceptors (Lipinski definition) is 3. The van der Waals surface area contributed by atoms with Crippen LogP contribution in [0, 0.1) is 6.92 Å². The van der Waals surface area contributed by atoms with Crippen molar-refractivity contribution in [1.82, 2.24) is 4.98 Å². The van der Waals surface area contributed by atoms with Crippen LogP contribution in [0.15, 0.2) is 23.6 Å². The second-order valence-corrected chi connectivity index (χ2v) is 6.97. The van der Waals surface area contributed by atoms with E-state index in [4.69, 9.17) is 10.7 Å². The summed E-state index contributed by atoms with van der Waals surface area (Å²) in [5.74, 6) is 0. The van der Waals surface area contributed by atoms with Gasteiger partial charge in [0.25, 0.3) is 0 Å². The Kier molecular flexibility index (Phi) is 4.07. The quantitative estimate of drug-likeness (QED) is 0.924. The molecule has 19 heavy (non-hydrogen) atoms. The van der Waals surface area contributed by atoms with Crippen molar-refractivity contribution in [2.75, 3.05) is 0 Å². The smallest absolute Gasteiger partial charge is 0.0972 e. The van der Waals surface area contributed by atoms with Gasteiger partial charge in [0, 0.05) is 23.8 Å². The fourth-order valence-corrected chi connectivity index (χ4v) is 3.06. The Morgan fingerprint density at radius 1 is 1.21 bits per heavy atom. The summed E-state index contributed by atoms with van der Waals surface area (Å²) in [7, 11) is 0. The molecule has 1 aromatic carbocycles. The number of aromatic nitrogens is 1. The van der Waals surface area contributed by atoms with E-state index in [1.807, 2.05) is 0 Å². The predicted molar refractivity (Wildman–Crippen MR) is 82.7 cm³/mol. The van der Waals surface area contributed by atoms with E-state index in [1.54, 1.807) is 11.3 Å². The third-order valence-electron chi connectivity index (χ3n) is 3.24. The molecule has 0 spiro atoms. The summed E-state index contributed by atoms with van der Waals surface area (Å²) in [6, 6.07) is 6.47. The number of thiazole rings is 1. The van der Waals surface area contributed by atoms with Gasteiger partial charge in [-0.05, 0) is 18.1 Å². The Morgan fingerprint density at radius 2 is 1.95 bits per heavy atom. The van der Waals surface area contributed by atoms with Gasteiger partial charge in [-0.25, -0.2) is 4.98 Å². The highest BCUT2D eigenvalue weighted by Gasteiger charge is 2.17. The van der Waals surface area contributed by atoms with E-state index in [1.165, 1.54) is 27.4 Å². The van der Waals surface area contributed by atoms with E-state index in [0.717, 1.165) is 6.42 Å². The zero-order chi connectivity index (χ0) is 14.0. The Hall–Kier alpha value is -1.19. The SMILES string of the molecule is Cc1ccc(CN)c(Cc2nc(C(C)(C)C)cs2)c1. The fraction of sp³-hybridized carbons (Fsp3) is 0.438. The molecule has 3 heteroatoms. The Labute approximate surface area is 119 Å². The van der Waals surface area contributed by atoms with E-state index >= 15 is 0 Å². The molecule has 2 aromatic rings. The van der Waals surface area contributed by atoms with Crippen LogP contribution >= 0.6 is 11.3 Å². The molecule has 2 nitrogen and oxygen atoms in total. The van der Waals surface area contributed by atoms with Crippen molar-refractivity contribution in [3.05, 3.63) is 51.0 Å². The van der Waals surface area contributed by atoms with Gasteiger partial charge in [-0.2, -0.15) is 0 Å². The summed E-state index contributed by atoms with van der Waals surface area (Å²) >= 11 is 1.74. The molecule has 2 N–H and O–H groups in total. The molecule has 1 heterocycles. The van der Waals surface area contributed by atoms with Gasteiger partial charge in [0.1, 0.15) is 0 Å². The number of rotatable bonds is 3. The highest BCUT2D eigenvalue weighted by Crippen LogP contribution is 2.26. The van der Waals surface area contributed by atoms with Crippen molar-refractivity contribution in [1.29, 1.82) is 0 Å². The van der Waals surface area contributed by atoms with Crippen molar-refractivity contribution in [2.45, 2.75) is 46.1 Å². The Bertz CT molecular complexity index is 564. The number of nitrogens with two attached hydrogens (primary N) is 1. The zero-order valence-electron chi connectivity index (χ0n) is 12.2. The first-order chi connectivity index (χ1) is 8.90. The summed E-state index contributed by atoms with van der Waals surface area (Å²) in [5, 5.41) is 3.35. The van der Waals surface area contributed by atoms with Crippen LogP contribution in [0.3, 0.4) is 0 Å². The molecule has 1 aromatic heterocycles. The van der Waals surface area contributed by atoms with Gasteiger partial charge in [-0.3, -0.25) is 0 Å². The van der Waals surface area contributed by atoms with E-state index in [-0.39, 0.29) is 5.41 Å². The molecule has 102 valence electrons. The van der Waals surface area contributed by atoms with Crippen molar-refractivity contribution >= 4 is 11.3 Å². The van der Waals surface area contributed by atoms with E-state index < -0.39 is 0 Å². The van der Waals surface area contributed by atoms with Crippen LogP contribution in [0.5, 0.6) is 0 Å². The summed E-state index contributed by atoms with van der Waals surface area (Å²) < 4.78 is 0. The van der Waals surface area contributed by atoms with E-state index in [9.17, 15) is 0 Å². The third kappa shape index (κ3) is 3.43. The lowest BCUT2D eigenvalue weighted by Gasteiger charge is -2.14. The summed E-state index contributed by atoms with van der Waals surface area (Å²) in [6.45, 7) is 9.30. The largest absolute Gasteiger partial charge is 0.326 e. The molecular formula is C16H22N2S. The van der Waals surface area contributed by atoms with Crippen molar-refractivity contribution in [3.8, 4) is 0 Å². The highest BCUT2D eigenvalue weighted by molar-refractivity contribution is 7.09. The van der Waals surface area contributed by atoms with Crippen LogP contribution in [-0.4, -0.2) is 4.98 Å². The minimum Gasteiger partial charge on any atom is -0.326 e. The second kappa shape index (κ2) is 5.43. The van der Waals surface area contributed by atoms with Crippen molar-refractivity contribution in [3.63, 3.8) is 0 Å². The van der Waals surface area contributed by atoms with Gasteiger partial charge in [0.15, 0.2) is 0 Å². The lowest BCUT2D eigenvalue weighted by molar-refractivity contribution is 0.571. The summed E-state index contributed by atoms with van der Waals surface area (Å²) in [4.78, 5) is 4.76. The molecule has 0 fully saturated rings. The Morgan fingerprint density at radius 3 is 2.53 bits per heavy atom. The average Bonchev–Trinajstić information content (AvgIpc) is 2.77. The van der Waals surface area contributed by atoms with Gasteiger partial charge in [0.2, 0.25) is 0 Å². The van der Waals surface area contributed by atoms with Crippen molar-refractivity contribution < 1.29 is 0 Å². The standard InChI is InChI=1S/C16H22N2S/c1-11-5-6-12(9-17)13(7-11)8-15-18-14(10-19-15)16(2,3)4/h5-7,10H,8-9,17H2,1-4H3. The topological polar surface area (TPSA) is 38.9 Å². The van der Waals surface area contributed by atoms with Gasteiger partial charge in [0.05, 0.1) is 10.7 Å². The molecule has 0 saturated heterocycles. The fourth-order valence-electron chi connectivity index (χ4n) is 2.02. The molecule has 0 aliphatic rings. The normalized spacial score (nSPS) is 11.8. The first kappa shape index (κ1) is 14.2. The lowest BCUT2D eigenvalue weighted by atomic mass is 9.93. The zero-order valence-corrected chi connectivity index (χ0v) is 13.0. The molecule has 0 bridgehead atoms. The first-order valence-corrected chi connectivity index (χ1v) is 7.51. The van der Waals surface area contributed by atoms with Gasteiger partial charge in [-0.15, -0.1) is 11.3 Å². The molecule has 0 atom stereocenters. The number of nitrogens with zero attached hydrogens (tertiary/aromatic N) is 1. The monoisotopic (exact) mass is 274 g/mol. The molecule has 0 saturated carbocycles. The molecule has 0 radical (unpaired) electrons. The number of aryl methyl sites for hydroxylation is 1. The van der Waals surface area contributed by atoms with Crippen LogP contribution in [-0.2, 0) is 18.4 Å². The highest BCUT2D eigenvalue weighted by atomic mass is 32.1. The van der Waals surface area contributed by atoms with Gasteiger partial charge in [-0.1, -0.05) is 44.5 Å². The molecule has 0 amide bonds. The minimum absolute atomic E-state index is 0.123. The van der Waals surface area contributed by atoms with Gasteiger partial charge < -0.3 is 5.73 Å². The molecule has 0 aliphatic carbocycles. The molecule has 0 aliphatic heterocycles. The van der Waals surface area contributed by atoms with E-state index in [2.05, 4.69) is 51.3 Å². The van der Waals surface area contributed by atoms with Crippen LogP contribution in [0.1, 0.15) is 48.2 Å². The van der Waals surface area contributed by atoms with E-state index in [0.29, 0.717) is 6.54 Å². The maximum Gasteiger partial charge on any atom is 0.0972 e. The van der Waals surface area contributed by atoms with Crippen LogP contribution < -0.4 is 5.73 Å². The molecular weight excluding hydrogens is 252 g/mol. The summed E-state index contributed by atoms with van der Waals surface area (Å²) in [5.41, 5.74) is 10.9. The third-order valence-corrected chi connectivity index (χ3v) is 4.09. The first-order valence-electron chi connectivity index (χ1n) is 6.63. The van der Waals surface area contributed by atoms with Crippen molar-refractivity contribution in [2.24, 2.45) is 5.73 Å². The van der Waals surface area contributed by atoms with Crippen LogP contribution in [0.25, 0.3) is 0 Å². The van der Waals surface area contributed by atoms with Crippen LogP contribution in [0.2, 0.25) is 0 Å². The number of benzene rings is 1. The number of hydrogen-bond donors (Lipinski definition) is 1. The molecule has 0 unspecified atom stereocenters. The van der Waals surface area contributed by atoms with Crippen LogP contribution in [0.4, 0.5) is 0 Å². The lowest BCUT2D eigenvalue weighted by Crippen LogP contribution is -2.11. The minimum atomic E-state index is 0.123. The Balaban J connectivity index is 2.26. The second-order valence-electron chi connectivity index (χ2n) is 6.03. The molecule has 2 rings (SSSR count). The average molecular weight is 274 g/mol.